The number of hydrogen-bond acceptors (Lipinski definition) is 5. The Morgan fingerprint density at radius 2 is 1.52 bits per heavy atom. The molecule has 8 heteroatoms. The lowest BCUT2D eigenvalue weighted by Crippen LogP contribution is -2.45. The maximum Gasteiger partial charge on any atom is 0.276 e. The summed E-state index contributed by atoms with van der Waals surface area (Å²) in [7, 11) is 1.58. The van der Waals surface area contributed by atoms with Gasteiger partial charge in [0.1, 0.15) is 11.5 Å². The minimum atomic E-state index is -0.458. The fraction of sp³-hybridized carbons (Fsp3) is 0.176. The molecule has 7 nitrogen and oxygen atoms in total. The molecule has 0 spiro atoms. The lowest BCUT2D eigenvalue weighted by molar-refractivity contribution is -0.129. The van der Waals surface area contributed by atoms with Crippen LogP contribution in [-0.4, -0.2) is 32.1 Å². The van der Waals surface area contributed by atoms with Crippen LogP contribution in [0.4, 0.5) is 5.69 Å². The number of nitrogens with one attached hydrogen (secondary N) is 3. The van der Waals surface area contributed by atoms with Gasteiger partial charge < -0.3 is 14.8 Å². The van der Waals surface area contributed by atoms with Crippen LogP contribution in [0.25, 0.3) is 0 Å². The van der Waals surface area contributed by atoms with Crippen molar-refractivity contribution in [3.63, 3.8) is 0 Å². The Bertz CT molecular complexity index is 705. The summed E-state index contributed by atoms with van der Waals surface area (Å²) in [6.07, 6.45) is 0. The summed E-state index contributed by atoms with van der Waals surface area (Å²) in [5, 5.41) is 2.93. The third-order valence-electron chi connectivity index (χ3n) is 3.07. The number of carbonyl (C=O) groups excluding carboxylic acids is 2. The van der Waals surface area contributed by atoms with E-state index < -0.39 is 5.91 Å². The van der Waals surface area contributed by atoms with Gasteiger partial charge >= 0.3 is 0 Å². The molecule has 0 saturated heterocycles. The van der Waals surface area contributed by atoms with E-state index in [0.717, 1.165) is 15.9 Å². The largest absolute Gasteiger partial charge is 0.497 e. The van der Waals surface area contributed by atoms with Crippen LogP contribution in [0.15, 0.2) is 53.0 Å². The third-order valence-corrected chi connectivity index (χ3v) is 3.60. The predicted molar refractivity (Wildman–Crippen MR) is 97.4 cm³/mol. The standard InChI is InChI=1S/C17H18BrN3O4/c1-24-14-8-4-13(5-9-14)19-10-16(22)20-21-17(23)11-25-15-6-2-12(18)3-7-15/h2-9,19H,10-11H2,1H3,(H,20,22)(H,21,23). The van der Waals surface area contributed by atoms with Crippen molar-refractivity contribution in [3.05, 3.63) is 53.0 Å². The van der Waals surface area contributed by atoms with E-state index in [2.05, 4.69) is 32.1 Å². The summed E-state index contributed by atoms with van der Waals surface area (Å²) in [6, 6.07) is 14.2. The molecule has 2 aromatic rings. The summed E-state index contributed by atoms with van der Waals surface area (Å²) < 4.78 is 11.3. The van der Waals surface area contributed by atoms with Crippen molar-refractivity contribution in [1.29, 1.82) is 0 Å². The zero-order valence-electron chi connectivity index (χ0n) is 13.5. The molecule has 25 heavy (non-hydrogen) atoms. The fourth-order valence-corrected chi connectivity index (χ4v) is 2.05. The van der Waals surface area contributed by atoms with Crippen LogP contribution < -0.4 is 25.6 Å². The van der Waals surface area contributed by atoms with E-state index in [1.165, 1.54) is 0 Å². The van der Waals surface area contributed by atoms with Crippen molar-refractivity contribution in [2.24, 2.45) is 0 Å². The first-order valence-electron chi connectivity index (χ1n) is 7.41. The Hall–Kier alpha value is -2.74. The number of ether oxygens (including phenoxy) is 2. The fourth-order valence-electron chi connectivity index (χ4n) is 1.79. The zero-order valence-corrected chi connectivity index (χ0v) is 15.1. The number of halogens is 1. The summed E-state index contributed by atoms with van der Waals surface area (Å²) in [5.74, 6) is 0.451. The number of hydrogen-bond donors (Lipinski definition) is 3. The van der Waals surface area contributed by atoms with Crippen molar-refractivity contribution >= 4 is 33.4 Å². The van der Waals surface area contributed by atoms with Gasteiger partial charge in [-0.1, -0.05) is 15.9 Å². The summed E-state index contributed by atoms with van der Waals surface area (Å²) >= 11 is 3.31. The first kappa shape index (κ1) is 18.6. The second-order valence-corrected chi connectivity index (χ2v) is 5.84. The molecule has 0 fully saturated rings. The molecule has 132 valence electrons. The van der Waals surface area contributed by atoms with E-state index in [1.54, 1.807) is 55.6 Å². The molecule has 0 aliphatic heterocycles. The topological polar surface area (TPSA) is 88.7 Å². The highest BCUT2D eigenvalue weighted by molar-refractivity contribution is 9.10. The van der Waals surface area contributed by atoms with E-state index in [1.807, 2.05) is 0 Å². The predicted octanol–water partition coefficient (Wildman–Crippen LogP) is 2.10. The van der Waals surface area contributed by atoms with Crippen molar-refractivity contribution < 1.29 is 19.1 Å². The second kappa shape index (κ2) is 9.53. The number of hydrazine groups is 1. The van der Waals surface area contributed by atoms with E-state index in [0.29, 0.717) is 5.75 Å². The normalized spacial score (nSPS) is 9.84. The Morgan fingerprint density at radius 3 is 2.16 bits per heavy atom. The third kappa shape index (κ3) is 6.72. The highest BCUT2D eigenvalue weighted by Gasteiger charge is 2.06. The number of carbonyl (C=O) groups is 2. The second-order valence-electron chi connectivity index (χ2n) is 4.92. The van der Waals surface area contributed by atoms with Crippen LogP contribution >= 0.6 is 15.9 Å². The molecule has 0 bridgehead atoms. The van der Waals surface area contributed by atoms with Crippen molar-refractivity contribution in [3.8, 4) is 11.5 Å². The molecule has 2 rings (SSSR count). The van der Waals surface area contributed by atoms with Crippen LogP contribution in [0.2, 0.25) is 0 Å². The lowest BCUT2D eigenvalue weighted by atomic mass is 10.3. The van der Waals surface area contributed by atoms with Crippen LogP contribution in [0, 0.1) is 0 Å². The minimum Gasteiger partial charge on any atom is -0.497 e. The van der Waals surface area contributed by atoms with Crippen LogP contribution in [-0.2, 0) is 9.59 Å². The summed E-state index contributed by atoms with van der Waals surface area (Å²) in [4.78, 5) is 23.3. The molecule has 0 aliphatic carbocycles. The van der Waals surface area contributed by atoms with Gasteiger partial charge in [-0.15, -0.1) is 0 Å². The SMILES string of the molecule is COc1ccc(NCC(=O)NNC(=O)COc2ccc(Br)cc2)cc1. The van der Waals surface area contributed by atoms with E-state index in [4.69, 9.17) is 9.47 Å². The molecule has 2 aromatic carbocycles. The number of amides is 2. The van der Waals surface area contributed by atoms with Gasteiger partial charge in [-0.25, -0.2) is 0 Å². The average Bonchev–Trinajstić information content (AvgIpc) is 2.64. The molecule has 0 unspecified atom stereocenters. The van der Waals surface area contributed by atoms with E-state index in [9.17, 15) is 9.59 Å². The van der Waals surface area contributed by atoms with E-state index in [-0.39, 0.29) is 19.1 Å². The number of anilines is 1. The highest BCUT2D eigenvalue weighted by Crippen LogP contribution is 2.16. The van der Waals surface area contributed by atoms with Gasteiger partial charge in [0, 0.05) is 10.2 Å². The molecular formula is C17H18BrN3O4. The molecule has 0 radical (unpaired) electrons. The molecule has 0 aromatic heterocycles. The number of rotatable bonds is 7. The van der Waals surface area contributed by atoms with Gasteiger partial charge in [0.05, 0.1) is 13.7 Å². The average molecular weight is 408 g/mol. The smallest absolute Gasteiger partial charge is 0.276 e. The summed E-state index contributed by atoms with van der Waals surface area (Å²) in [5.41, 5.74) is 5.36. The molecule has 0 atom stereocenters. The quantitative estimate of drug-likeness (QED) is 0.611. The van der Waals surface area contributed by atoms with Crippen LogP contribution in [0.1, 0.15) is 0 Å². The maximum absolute atomic E-state index is 11.7. The van der Waals surface area contributed by atoms with Crippen LogP contribution in [0.3, 0.4) is 0 Å². The van der Waals surface area contributed by atoms with Gasteiger partial charge in [-0.2, -0.15) is 0 Å². The van der Waals surface area contributed by atoms with Crippen molar-refractivity contribution in [2.75, 3.05) is 25.6 Å². The Labute approximate surface area is 153 Å². The first-order chi connectivity index (χ1) is 12.1. The summed E-state index contributed by atoms with van der Waals surface area (Å²) in [6.45, 7) is -0.187. The van der Waals surface area contributed by atoms with Gasteiger partial charge in [-0.05, 0) is 48.5 Å². The highest BCUT2D eigenvalue weighted by atomic mass is 79.9. The molecule has 0 aliphatic rings. The van der Waals surface area contributed by atoms with Gasteiger partial charge in [0.25, 0.3) is 11.8 Å². The maximum atomic E-state index is 11.7. The van der Waals surface area contributed by atoms with Crippen molar-refractivity contribution in [1.82, 2.24) is 10.9 Å². The molecule has 0 saturated carbocycles. The first-order valence-corrected chi connectivity index (χ1v) is 8.20. The lowest BCUT2D eigenvalue weighted by Gasteiger charge is -2.10. The van der Waals surface area contributed by atoms with E-state index >= 15 is 0 Å². The Kier molecular flexibility index (Phi) is 7.09. The van der Waals surface area contributed by atoms with Gasteiger partial charge in [0.15, 0.2) is 6.61 Å². The molecular weight excluding hydrogens is 390 g/mol. The van der Waals surface area contributed by atoms with Crippen molar-refractivity contribution in [2.45, 2.75) is 0 Å². The Morgan fingerprint density at radius 1 is 0.920 bits per heavy atom. The number of methoxy groups -OCH3 is 1. The monoisotopic (exact) mass is 407 g/mol. The molecule has 0 heterocycles. The van der Waals surface area contributed by atoms with Gasteiger partial charge in [0.2, 0.25) is 0 Å². The minimum absolute atomic E-state index is 0.0141. The molecule has 2 amide bonds. The van der Waals surface area contributed by atoms with Crippen LogP contribution in [0.5, 0.6) is 11.5 Å². The number of benzene rings is 2. The molecule has 3 N–H and O–H groups in total. The Balaban J connectivity index is 1.64. The van der Waals surface area contributed by atoms with Gasteiger partial charge in [-0.3, -0.25) is 20.4 Å². The zero-order chi connectivity index (χ0) is 18.1.